The van der Waals surface area contributed by atoms with Gasteiger partial charge in [-0.3, -0.25) is 9.48 Å². The van der Waals surface area contributed by atoms with E-state index >= 15 is 0 Å². The van der Waals surface area contributed by atoms with Gasteiger partial charge in [0.05, 0.1) is 5.69 Å². The minimum atomic E-state index is 0.163. The van der Waals surface area contributed by atoms with E-state index in [4.69, 9.17) is 0 Å². The highest BCUT2D eigenvalue weighted by Gasteiger charge is 2.40. The molecule has 1 aromatic rings. The Hall–Kier alpha value is -1.32. The molecule has 1 heterocycles. The Kier molecular flexibility index (Phi) is 3.57. The van der Waals surface area contributed by atoms with Crippen molar-refractivity contribution in [1.82, 2.24) is 9.78 Å². The van der Waals surface area contributed by atoms with Gasteiger partial charge in [-0.2, -0.15) is 5.10 Å². The van der Waals surface area contributed by atoms with E-state index in [0.29, 0.717) is 12.3 Å². The van der Waals surface area contributed by atoms with Crippen LogP contribution in [0.4, 0.5) is 5.82 Å². The number of aryl methyl sites for hydroxylation is 2. The summed E-state index contributed by atoms with van der Waals surface area (Å²) >= 11 is 0. The molecule has 4 heteroatoms. The number of rotatable bonds is 4. The number of carbonyl (C=O) groups excluding carboxylic acids is 1. The molecule has 2 fully saturated rings. The number of hydrogen-bond donors (Lipinski definition) is 1. The standard InChI is InChI=1S/C16H25N3O/c1-4-14-10(2)16(19(3)18-14)17-15(20)9-13-8-11-5-6-12(13)7-11/h11-13H,4-9H2,1-3H3,(H,17,20)/t11-,12-,13-/m1/s1. The summed E-state index contributed by atoms with van der Waals surface area (Å²) in [6.07, 6.45) is 6.96. The van der Waals surface area contributed by atoms with Gasteiger partial charge >= 0.3 is 0 Å². The van der Waals surface area contributed by atoms with Crippen molar-refractivity contribution in [1.29, 1.82) is 0 Å². The third kappa shape index (κ3) is 2.36. The fourth-order valence-corrected chi connectivity index (χ4v) is 4.24. The molecule has 0 aliphatic heterocycles. The Bertz CT molecular complexity index is 520. The second-order valence-electron chi connectivity index (χ2n) is 6.58. The zero-order valence-corrected chi connectivity index (χ0v) is 12.8. The second-order valence-corrected chi connectivity index (χ2v) is 6.58. The van der Waals surface area contributed by atoms with Crippen LogP contribution in [0.5, 0.6) is 0 Å². The van der Waals surface area contributed by atoms with Crippen molar-refractivity contribution in [3.63, 3.8) is 0 Å². The molecule has 3 rings (SSSR count). The van der Waals surface area contributed by atoms with Gasteiger partial charge in [-0.25, -0.2) is 0 Å². The van der Waals surface area contributed by atoms with Crippen LogP contribution in [0.1, 0.15) is 50.3 Å². The molecule has 1 aromatic heterocycles. The Balaban J connectivity index is 1.63. The number of fused-ring (bicyclic) bond motifs is 2. The van der Waals surface area contributed by atoms with E-state index < -0.39 is 0 Å². The summed E-state index contributed by atoms with van der Waals surface area (Å²) in [6, 6.07) is 0. The van der Waals surface area contributed by atoms with Gasteiger partial charge in [0.1, 0.15) is 5.82 Å². The van der Waals surface area contributed by atoms with Crippen molar-refractivity contribution < 1.29 is 4.79 Å². The zero-order chi connectivity index (χ0) is 14.3. The third-order valence-electron chi connectivity index (χ3n) is 5.31. The van der Waals surface area contributed by atoms with Crippen molar-refractivity contribution in [2.45, 2.75) is 52.4 Å². The summed E-state index contributed by atoms with van der Waals surface area (Å²) in [5, 5.41) is 7.53. The number of amides is 1. The van der Waals surface area contributed by atoms with Crippen LogP contribution >= 0.6 is 0 Å². The molecule has 1 amide bonds. The molecule has 0 aromatic carbocycles. The fourth-order valence-electron chi connectivity index (χ4n) is 4.24. The van der Waals surface area contributed by atoms with Crippen molar-refractivity contribution in [2.24, 2.45) is 24.8 Å². The predicted octanol–water partition coefficient (Wildman–Crippen LogP) is 3.06. The SMILES string of the molecule is CCc1nn(C)c(NC(=O)C[C@H]2C[C@@H]3CC[C@@H]2C3)c1C. The van der Waals surface area contributed by atoms with Gasteiger partial charge in [0, 0.05) is 19.0 Å². The van der Waals surface area contributed by atoms with Crippen LogP contribution < -0.4 is 5.32 Å². The van der Waals surface area contributed by atoms with E-state index in [0.717, 1.165) is 35.3 Å². The van der Waals surface area contributed by atoms with E-state index in [-0.39, 0.29) is 5.91 Å². The van der Waals surface area contributed by atoms with Gasteiger partial charge in [-0.05, 0) is 50.4 Å². The maximum Gasteiger partial charge on any atom is 0.225 e. The van der Waals surface area contributed by atoms with Crippen LogP contribution in [0.25, 0.3) is 0 Å². The first-order chi connectivity index (χ1) is 9.58. The first kappa shape index (κ1) is 13.7. The van der Waals surface area contributed by atoms with E-state index in [9.17, 15) is 4.79 Å². The highest BCUT2D eigenvalue weighted by molar-refractivity contribution is 5.90. The van der Waals surface area contributed by atoms with Gasteiger partial charge in [0.25, 0.3) is 0 Å². The van der Waals surface area contributed by atoms with Crippen LogP contribution in [0.3, 0.4) is 0 Å². The maximum atomic E-state index is 12.3. The summed E-state index contributed by atoms with van der Waals surface area (Å²) in [4.78, 5) is 12.3. The molecule has 110 valence electrons. The average molecular weight is 275 g/mol. The lowest BCUT2D eigenvalue weighted by Gasteiger charge is -2.21. The Morgan fingerprint density at radius 2 is 2.20 bits per heavy atom. The molecule has 2 aliphatic carbocycles. The van der Waals surface area contributed by atoms with E-state index in [1.807, 2.05) is 14.0 Å². The average Bonchev–Trinajstić information content (AvgIpc) is 3.09. The smallest absolute Gasteiger partial charge is 0.225 e. The molecule has 0 spiro atoms. The second kappa shape index (κ2) is 5.23. The zero-order valence-electron chi connectivity index (χ0n) is 12.8. The molecule has 20 heavy (non-hydrogen) atoms. The lowest BCUT2D eigenvalue weighted by Crippen LogP contribution is -2.21. The van der Waals surface area contributed by atoms with Crippen molar-refractivity contribution >= 4 is 11.7 Å². The molecule has 0 saturated heterocycles. The van der Waals surface area contributed by atoms with Crippen LogP contribution in [0, 0.1) is 24.7 Å². The summed E-state index contributed by atoms with van der Waals surface area (Å²) in [5.74, 6) is 3.37. The van der Waals surface area contributed by atoms with Crippen LogP contribution in [0.2, 0.25) is 0 Å². The van der Waals surface area contributed by atoms with Crippen LogP contribution in [0.15, 0.2) is 0 Å². The van der Waals surface area contributed by atoms with Gasteiger partial charge in [0.15, 0.2) is 0 Å². The molecule has 2 bridgehead atoms. The molecule has 4 nitrogen and oxygen atoms in total. The van der Waals surface area contributed by atoms with E-state index in [1.165, 1.54) is 25.7 Å². The van der Waals surface area contributed by atoms with Gasteiger partial charge in [0.2, 0.25) is 5.91 Å². The largest absolute Gasteiger partial charge is 0.311 e. The van der Waals surface area contributed by atoms with Crippen LogP contribution in [-0.2, 0) is 18.3 Å². The Labute approximate surface area is 120 Å². The lowest BCUT2D eigenvalue weighted by atomic mass is 9.86. The third-order valence-corrected chi connectivity index (χ3v) is 5.31. The molecule has 0 radical (unpaired) electrons. The first-order valence-electron chi connectivity index (χ1n) is 7.90. The van der Waals surface area contributed by atoms with Gasteiger partial charge in [-0.15, -0.1) is 0 Å². The normalized spacial score (nSPS) is 28.1. The van der Waals surface area contributed by atoms with Crippen molar-refractivity contribution in [3.8, 4) is 0 Å². The number of nitrogens with one attached hydrogen (secondary N) is 1. The Morgan fingerprint density at radius 1 is 1.40 bits per heavy atom. The molecule has 2 aliphatic rings. The predicted molar refractivity (Wildman–Crippen MR) is 79.5 cm³/mol. The summed E-state index contributed by atoms with van der Waals surface area (Å²) in [6.45, 7) is 4.13. The number of carbonyl (C=O) groups is 1. The van der Waals surface area contributed by atoms with Crippen LogP contribution in [-0.4, -0.2) is 15.7 Å². The fraction of sp³-hybridized carbons (Fsp3) is 0.750. The topological polar surface area (TPSA) is 46.9 Å². The molecule has 1 N–H and O–H groups in total. The van der Waals surface area contributed by atoms with Crippen molar-refractivity contribution in [3.05, 3.63) is 11.3 Å². The molecule has 3 atom stereocenters. The first-order valence-corrected chi connectivity index (χ1v) is 7.90. The van der Waals surface area contributed by atoms with Gasteiger partial charge < -0.3 is 5.32 Å². The van der Waals surface area contributed by atoms with E-state index in [2.05, 4.69) is 17.3 Å². The molecule has 2 saturated carbocycles. The molecule has 0 unspecified atom stereocenters. The quantitative estimate of drug-likeness (QED) is 0.918. The minimum Gasteiger partial charge on any atom is -0.311 e. The number of anilines is 1. The molecular weight excluding hydrogens is 250 g/mol. The molecular formula is C16H25N3O. The lowest BCUT2D eigenvalue weighted by molar-refractivity contribution is -0.117. The monoisotopic (exact) mass is 275 g/mol. The van der Waals surface area contributed by atoms with Gasteiger partial charge in [-0.1, -0.05) is 13.3 Å². The summed E-state index contributed by atoms with van der Waals surface area (Å²) < 4.78 is 1.80. The highest BCUT2D eigenvalue weighted by atomic mass is 16.1. The maximum absolute atomic E-state index is 12.3. The summed E-state index contributed by atoms with van der Waals surface area (Å²) in [5.41, 5.74) is 2.18. The number of aromatic nitrogens is 2. The van der Waals surface area contributed by atoms with E-state index in [1.54, 1.807) is 4.68 Å². The van der Waals surface area contributed by atoms with Crippen molar-refractivity contribution in [2.75, 3.05) is 5.32 Å². The number of nitrogens with zero attached hydrogens (tertiary/aromatic N) is 2. The highest BCUT2D eigenvalue weighted by Crippen LogP contribution is 2.49. The summed E-state index contributed by atoms with van der Waals surface area (Å²) in [7, 11) is 1.90. The number of hydrogen-bond acceptors (Lipinski definition) is 2. The minimum absolute atomic E-state index is 0.163. The Morgan fingerprint density at radius 3 is 2.75 bits per heavy atom.